The second kappa shape index (κ2) is 6.95. The van der Waals surface area contributed by atoms with E-state index in [0.29, 0.717) is 17.2 Å². The number of methoxy groups -OCH3 is 3. The Morgan fingerprint density at radius 2 is 1.42 bits per heavy atom. The summed E-state index contributed by atoms with van der Waals surface area (Å²) in [6, 6.07) is 4.85. The van der Waals surface area contributed by atoms with Gasteiger partial charge in [0, 0.05) is 11.0 Å². The van der Waals surface area contributed by atoms with Gasteiger partial charge < -0.3 is 19.5 Å². The Balaban J connectivity index is 1.47. The summed E-state index contributed by atoms with van der Waals surface area (Å²) in [6.45, 7) is 3.42. The average molecular weight is 361 g/mol. The van der Waals surface area contributed by atoms with E-state index in [1.54, 1.807) is 21.3 Å². The molecule has 1 aromatic rings. The van der Waals surface area contributed by atoms with Crippen LogP contribution < -0.4 is 19.5 Å². The molecule has 26 heavy (non-hydrogen) atoms. The molecule has 1 aromatic carbocycles. The van der Waals surface area contributed by atoms with Crippen molar-refractivity contribution in [3.63, 3.8) is 0 Å². The van der Waals surface area contributed by atoms with Crippen molar-refractivity contribution >= 4 is 0 Å². The number of rotatable bonds is 7. The van der Waals surface area contributed by atoms with Crippen molar-refractivity contribution in [1.29, 1.82) is 0 Å². The molecule has 0 aliphatic heterocycles. The van der Waals surface area contributed by atoms with Gasteiger partial charge in [0.25, 0.3) is 0 Å². The number of hydrogen-bond donors (Lipinski definition) is 1. The fourth-order valence-electron chi connectivity index (χ4n) is 6.55. The molecule has 4 aliphatic carbocycles. The van der Waals surface area contributed by atoms with Crippen LogP contribution >= 0.6 is 0 Å². The first kappa shape index (κ1) is 18.0. The van der Waals surface area contributed by atoms with E-state index in [-0.39, 0.29) is 0 Å². The lowest BCUT2D eigenvalue weighted by Crippen LogP contribution is -2.91. The minimum Gasteiger partial charge on any atom is -0.493 e. The number of nitrogens with two attached hydrogens (primary N) is 1. The molecule has 0 saturated heterocycles. The molecule has 144 valence electrons. The lowest BCUT2D eigenvalue weighted by Gasteiger charge is -2.57. The van der Waals surface area contributed by atoms with Crippen molar-refractivity contribution in [2.24, 2.45) is 23.2 Å². The summed E-state index contributed by atoms with van der Waals surface area (Å²) >= 11 is 0. The molecule has 2 N–H and O–H groups in total. The van der Waals surface area contributed by atoms with Gasteiger partial charge in [-0.25, -0.2) is 0 Å². The number of ether oxygens (including phenoxy) is 3. The molecule has 4 aliphatic rings. The van der Waals surface area contributed by atoms with Gasteiger partial charge in [-0.15, -0.1) is 0 Å². The lowest BCUT2D eigenvalue weighted by atomic mass is 9.48. The van der Waals surface area contributed by atoms with Gasteiger partial charge in [-0.3, -0.25) is 0 Å². The quantitative estimate of drug-likeness (QED) is 0.811. The highest BCUT2D eigenvalue weighted by Gasteiger charge is 2.54. The van der Waals surface area contributed by atoms with Gasteiger partial charge in [0.05, 0.1) is 27.4 Å². The smallest absolute Gasteiger partial charge is 0.203 e. The van der Waals surface area contributed by atoms with Crippen LogP contribution in [0.15, 0.2) is 12.1 Å². The van der Waals surface area contributed by atoms with Crippen molar-refractivity contribution in [1.82, 2.24) is 0 Å². The second-order valence-corrected chi connectivity index (χ2v) is 9.04. The topological polar surface area (TPSA) is 44.3 Å². The summed E-state index contributed by atoms with van der Waals surface area (Å²) in [5.41, 5.74) is 1.81. The Kier molecular flexibility index (Phi) is 4.81. The molecule has 4 fully saturated rings. The summed E-state index contributed by atoms with van der Waals surface area (Å²) < 4.78 is 16.5. The Hall–Kier alpha value is -1.42. The molecule has 4 heteroatoms. The molecule has 4 nitrogen and oxygen atoms in total. The third-order valence-electron chi connectivity index (χ3n) is 7.48. The van der Waals surface area contributed by atoms with Gasteiger partial charge >= 0.3 is 0 Å². The molecule has 0 heterocycles. The van der Waals surface area contributed by atoms with Crippen molar-refractivity contribution < 1.29 is 19.5 Å². The van der Waals surface area contributed by atoms with E-state index in [0.717, 1.165) is 35.8 Å². The van der Waals surface area contributed by atoms with Crippen LogP contribution in [-0.4, -0.2) is 27.4 Å². The molecule has 0 spiro atoms. The molecule has 0 aromatic heterocycles. The van der Waals surface area contributed by atoms with E-state index in [1.165, 1.54) is 44.1 Å². The Morgan fingerprint density at radius 1 is 0.923 bits per heavy atom. The molecule has 5 rings (SSSR count). The van der Waals surface area contributed by atoms with E-state index >= 15 is 0 Å². The second-order valence-electron chi connectivity index (χ2n) is 9.04. The van der Waals surface area contributed by atoms with Crippen LogP contribution in [0.1, 0.15) is 51.0 Å². The van der Waals surface area contributed by atoms with Crippen molar-refractivity contribution in [3.8, 4) is 17.2 Å². The number of benzene rings is 1. The Bertz CT molecular complexity index is 596. The summed E-state index contributed by atoms with van der Waals surface area (Å²) in [7, 11) is 5.02. The molecular formula is C22H34NO3+. The summed E-state index contributed by atoms with van der Waals surface area (Å²) in [5, 5.41) is 2.55. The Labute approximate surface area is 157 Å². The fourth-order valence-corrected chi connectivity index (χ4v) is 6.55. The fraction of sp³-hybridized carbons (Fsp3) is 0.727. The summed E-state index contributed by atoms with van der Waals surface area (Å²) in [4.78, 5) is 0. The lowest BCUT2D eigenvalue weighted by molar-refractivity contribution is -0.717. The molecule has 0 unspecified atom stereocenters. The molecule has 1 atom stereocenters. The minimum atomic E-state index is 0.579. The Morgan fingerprint density at radius 3 is 1.85 bits per heavy atom. The highest BCUT2D eigenvalue weighted by Crippen LogP contribution is 2.60. The maximum atomic E-state index is 5.51. The molecule has 0 radical (unpaired) electrons. The highest BCUT2D eigenvalue weighted by molar-refractivity contribution is 5.53. The third kappa shape index (κ3) is 3.06. The molecule has 0 amide bonds. The zero-order chi connectivity index (χ0) is 18.3. The van der Waals surface area contributed by atoms with Gasteiger partial charge in [-0.05, 0) is 75.3 Å². The number of hydrogen-bond acceptors (Lipinski definition) is 3. The van der Waals surface area contributed by atoms with Gasteiger partial charge in [0.15, 0.2) is 11.5 Å². The summed E-state index contributed by atoms with van der Waals surface area (Å²) in [6.07, 6.45) is 8.93. The predicted molar refractivity (Wildman–Crippen MR) is 102 cm³/mol. The molecule has 4 saturated carbocycles. The first-order chi connectivity index (χ1) is 12.6. The van der Waals surface area contributed by atoms with E-state index in [1.807, 2.05) is 0 Å². The van der Waals surface area contributed by atoms with Crippen molar-refractivity contribution in [3.05, 3.63) is 17.7 Å². The van der Waals surface area contributed by atoms with Gasteiger partial charge in [-0.1, -0.05) is 0 Å². The predicted octanol–water partition coefficient (Wildman–Crippen LogP) is 3.38. The van der Waals surface area contributed by atoms with Crippen LogP contribution in [0.25, 0.3) is 0 Å². The molecular weight excluding hydrogens is 326 g/mol. The zero-order valence-corrected chi connectivity index (χ0v) is 16.7. The van der Waals surface area contributed by atoms with Crippen LogP contribution in [0.3, 0.4) is 0 Å². The number of quaternary nitrogens is 1. The molecule has 4 bridgehead atoms. The van der Waals surface area contributed by atoms with Crippen LogP contribution in [0, 0.1) is 23.2 Å². The van der Waals surface area contributed by atoms with Crippen LogP contribution in [0.5, 0.6) is 17.2 Å². The van der Waals surface area contributed by atoms with Gasteiger partial charge in [0.2, 0.25) is 5.75 Å². The third-order valence-corrected chi connectivity index (χ3v) is 7.48. The normalized spacial score (nSPS) is 33.2. The zero-order valence-electron chi connectivity index (χ0n) is 16.7. The van der Waals surface area contributed by atoms with Gasteiger partial charge in [-0.2, -0.15) is 0 Å². The van der Waals surface area contributed by atoms with Crippen LogP contribution in [-0.2, 0) is 6.54 Å². The van der Waals surface area contributed by atoms with Gasteiger partial charge in [0.1, 0.15) is 6.54 Å². The van der Waals surface area contributed by atoms with Crippen LogP contribution in [0.4, 0.5) is 0 Å². The average Bonchev–Trinajstić information content (AvgIpc) is 2.63. The maximum Gasteiger partial charge on any atom is 0.203 e. The van der Waals surface area contributed by atoms with E-state index in [9.17, 15) is 0 Å². The standard InChI is InChI=1S/C22H33NO3/c1-14(22-10-15-5-16(11-22)7-17(6-15)12-22)23-13-18-8-19(24-2)21(26-4)20(9-18)25-3/h8-9,14-17,23H,5-7,10-13H2,1-4H3/p+1/t14-,15?,16?,17?,22?/m0/s1. The largest absolute Gasteiger partial charge is 0.493 e. The van der Waals surface area contributed by atoms with E-state index in [4.69, 9.17) is 14.2 Å². The van der Waals surface area contributed by atoms with Crippen molar-refractivity contribution in [2.75, 3.05) is 21.3 Å². The van der Waals surface area contributed by atoms with E-state index in [2.05, 4.69) is 24.4 Å². The van der Waals surface area contributed by atoms with Crippen molar-refractivity contribution in [2.45, 2.75) is 58.0 Å². The van der Waals surface area contributed by atoms with Crippen LogP contribution in [0.2, 0.25) is 0 Å². The summed E-state index contributed by atoms with van der Waals surface area (Å²) in [5.74, 6) is 5.21. The van der Waals surface area contributed by atoms with E-state index < -0.39 is 0 Å². The SMILES string of the molecule is COc1cc(C[NH2+][C@@H](C)C23CC4CC(CC(C4)C2)C3)cc(OC)c1OC. The maximum absolute atomic E-state index is 5.51. The first-order valence-electron chi connectivity index (χ1n) is 10.2. The minimum absolute atomic E-state index is 0.579. The highest BCUT2D eigenvalue weighted by atomic mass is 16.5. The first-order valence-corrected chi connectivity index (χ1v) is 10.2. The monoisotopic (exact) mass is 360 g/mol.